The van der Waals surface area contributed by atoms with E-state index in [2.05, 4.69) is 4.98 Å². The quantitative estimate of drug-likeness (QED) is 0.817. The van der Waals surface area contributed by atoms with Crippen LogP contribution in [0.1, 0.15) is 0 Å². The van der Waals surface area contributed by atoms with E-state index >= 15 is 0 Å². The van der Waals surface area contributed by atoms with Crippen molar-refractivity contribution in [2.24, 2.45) is 0 Å². The second-order valence-electron chi connectivity index (χ2n) is 3.39. The van der Waals surface area contributed by atoms with Crippen LogP contribution < -0.4 is 14.8 Å². The molecular formula is C12H13AsN2O. The van der Waals surface area contributed by atoms with Crippen molar-refractivity contribution in [1.82, 2.24) is 4.98 Å². The first-order valence-corrected chi connectivity index (χ1v) is 6.08. The van der Waals surface area contributed by atoms with Crippen LogP contribution in [0.4, 0.5) is 5.69 Å². The number of benzene rings is 1. The molecule has 2 N–H and O–H groups in total. The van der Waals surface area contributed by atoms with E-state index in [1.807, 2.05) is 30.3 Å². The molecule has 2 aromatic rings. The maximum atomic E-state index is 5.86. The first kappa shape index (κ1) is 11.0. The molecular weight excluding hydrogens is 263 g/mol. The number of rotatable bonds is 2. The van der Waals surface area contributed by atoms with Crippen molar-refractivity contribution in [1.29, 1.82) is 0 Å². The molecule has 1 atom stereocenters. The number of anilines is 1. The van der Waals surface area contributed by atoms with Gasteiger partial charge in [-0.25, -0.2) is 0 Å². The van der Waals surface area contributed by atoms with Crippen LogP contribution in [0.25, 0.3) is 11.3 Å². The Morgan fingerprint density at radius 1 is 1.19 bits per heavy atom. The summed E-state index contributed by atoms with van der Waals surface area (Å²) in [6.07, 6.45) is 1.73. The van der Waals surface area contributed by atoms with Gasteiger partial charge in [0.2, 0.25) is 0 Å². The molecule has 1 aromatic carbocycles. The Hall–Kier alpha value is -1.47. The zero-order chi connectivity index (χ0) is 11.5. The molecule has 1 heterocycles. The van der Waals surface area contributed by atoms with E-state index in [0.717, 1.165) is 27.0 Å². The fraction of sp³-hybridized carbons (Fsp3) is 0.0833. The summed E-state index contributed by atoms with van der Waals surface area (Å²) in [5.41, 5.74) is 8.67. The third-order valence-corrected chi connectivity index (χ3v) is 3.66. The van der Waals surface area contributed by atoms with Crippen molar-refractivity contribution in [3.8, 4) is 17.0 Å². The number of aromatic nitrogens is 1. The Morgan fingerprint density at radius 2 is 1.88 bits per heavy atom. The van der Waals surface area contributed by atoms with Crippen LogP contribution >= 0.6 is 0 Å². The molecule has 0 fully saturated rings. The van der Waals surface area contributed by atoms with Crippen molar-refractivity contribution in [3.05, 3.63) is 36.5 Å². The molecule has 2 rings (SSSR count). The zero-order valence-corrected chi connectivity index (χ0v) is 11.4. The molecule has 4 heteroatoms. The molecule has 82 valence electrons. The molecule has 1 unspecified atom stereocenters. The number of nitrogens with two attached hydrogens (primary N) is 1. The summed E-state index contributed by atoms with van der Waals surface area (Å²) < 4.78 is 6.19. The van der Waals surface area contributed by atoms with Gasteiger partial charge in [-0.2, -0.15) is 0 Å². The summed E-state index contributed by atoms with van der Waals surface area (Å²) in [6.45, 7) is 0. The van der Waals surface area contributed by atoms with Crippen molar-refractivity contribution >= 4 is 26.9 Å². The normalized spacial score (nSPS) is 10.1. The molecule has 0 bridgehead atoms. The van der Waals surface area contributed by atoms with Gasteiger partial charge in [-0.15, -0.1) is 0 Å². The third kappa shape index (κ3) is 2.05. The predicted octanol–water partition coefficient (Wildman–Crippen LogP) is 0.598. The average molecular weight is 276 g/mol. The number of methoxy groups -OCH3 is 1. The van der Waals surface area contributed by atoms with Crippen LogP contribution in [0.3, 0.4) is 0 Å². The maximum absolute atomic E-state index is 5.86. The number of nitrogen functional groups attached to an aromatic ring is 1. The van der Waals surface area contributed by atoms with Gasteiger partial charge >= 0.3 is 103 Å². The average Bonchev–Trinajstić information content (AvgIpc) is 2.33. The topological polar surface area (TPSA) is 48.1 Å². The molecule has 0 amide bonds. The first-order valence-electron chi connectivity index (χ1n) is 4.86. The molecule has 0 aliphatic carbocycles. The van der Waals surface area contributed by atoms with Crippen molar-refractivity contribution in [2.45, 2.75) is 0 Å². The summed E-state index contributed by atoms with van der Waals surface area (Å²) in [6, 6.07) is 9.65. The van der Waals surface area contributed by atoms with Gasteiger partial charge in [0.25, 0.3) is 0 Å². The molecule has 0 saturated heterocycles. The molecule has 3 nitrogen and oxygen atoms in total. The van der Waals surface area contributed by atoms with E-state index in [9.17, 15) is 0 Å². The van der Waals surface area contributed by atoms with E-state index in [-0.39, 0.29) is 0 Å². The zero-order valence-electron chi connectivity index (χ0n) is 8.97. The summed E-state index contributed by atoms with van der Waals surface area (Å²) in [7, 11) is 1.65. The molecule has 0 spiro atoms. The Morgan fingerprint density at radius 3 is 2.50 bits per heavy atom. The number of hydrogen-bond donors (Lipinski definition) is 1. The van der Waals surface area contributed by atoms with Gasteiger partial charge in [0.15, 0.2) is 0 Å². The fourth-order valence-corrected chi connectivity index (χ4v) is 2.18. The van der Waals surface area contributed by atoms with Crippen LogP contribution in [0.5, 0.6) is 5.75 Å². The number of hydrogen-bond acceptors (Lipinski definition) is 3. The van der Waals surface area contributed by atoms with E-state index in [4.69, 9.17) is 10.5 Å². The Labute approximate surface area is 103 Å². The second kappa shape index (κ2) is 4.58. The van der Waals surface area contributed by atoms with Gasteiger partial charge in [0, 0.05) is 0 Å². The van der Waals surface area contributed by atoms with Gasteiger partial charge in [-0.05, 0) is 0 Å². The standard InChI is InChI=1S/C12H13AsN2O/c1-16-9-4-2-8(3-5-9)12-11(13)10(14)6-7-15-12/h2-7H,13H2,1H3,(H2,14,15). The Bertz CT molecular complexity index is 497. The minimum absolute atomic E-state index is 0.792. The van der Waals surface area contributed by atoms with Gasteiger partial charge in [0.1, 0.15) is 0 Å². The molecule has 0 radical (unpaired) electrons. The van der Waals surface area contributed by atoms with E-state index in [1.54, 1.807) is 13.3 Å². The van der Waals surface area contributed by atoms with Gasteiger partial charge in [-0.3, -0.25) is 0 Å². The first-order chi connectivity index (χ1) is 7.72. The summed E-state index contributed by atoms with van der Waals surface area (Å²) >= 11 is 1.49. The molecule has 1 aromatic heterocycles. The molecule has 16 heavy (non-hydrogen) atoms. The summed E-state index contributed by atoms with van der Waals surface area (Å²) in [4.78, 5) is 4.36. The van der Waals surface area contributed by atoms with Crippen LogP contribution in [-0.4, -0.2) is 28.9 Å². The van der Waals surface area contributed by atoms with Crippen LogP contribution in [-0.2, 0) is 0 Å². The predicted molar refractivity (Wildman–Crippen MR) is 68.8 cm³/mol. The SMILES string of the molecule is COc1ccc(-c2nccc(N)c2[AsH2])cc1. The van der Waals surface area contributed by atoms with Gasteiger partial charge in [0.05, 0.1) is 0 Å². The molecule has 0 aliphatic heterocycles. The van der Waals surface area contributed by atoms with E-state index in [1.165, 1.54) is 16.9 Å². The van der Waals surface area contributed by atoms with Crippen LogP contribution in [0.15, 0.2) is 36.5 Å². The molecule has 0 aliphatic rings. The van der Waals surface area contributed by atoms with Crippen LogP contribution in [0.2, 0.25) is 0 Å². The van der Waals surface area contributed by atoms with Crippen molar-refractivity contribution < 1.29 is 4.74 Å². The number of nitrogens with zero attached hydrogens (tertiary/aromatic N) is 1. The second-order valence-corrected chi connectivity index (χ2v) is 4.60. The van der Waals surface area contributed by atoms with Crippen molar-refractivity contribution in [2.75, 3.05) is 12.8 Å². The fourth-order valence-electron chi connectivity index (χ4n) is 1.47. The van der Waals surface area contributed by atoms with E-state index < -0.39 is 0 Å². The Kier molecular flexibility index (Phi) is 3.16. The van der Waals surface area contributed by atoms with E-state index in [0.29, 0.717) is 0 Å². The number of ether oxygens (including phenoxy) is 1. The molecule has 0 saturated carbocycles. The van der Waals surface area contributed by atoms with Crippen molar-refractivity contribution in [3.63, 3.8) is 0 Å². The van der Waals surface area contributed by atoms with Gasteiger partial charge in [-0.1, -0.05) is 0 Å². The monoisotopic (exact) mass is 276 g/mol. The Balaban J connectivity index is 2.46. The third-order valence-electron chi connectivity index (χ3n) is 2.39. The minimum atomic E-state index is 0.792. The van der Waals surface area contributed by atoms with Crippen LogP contribution in [0, 0.1) is 0 Å². The summed E-state index contributed by atoms with van der Waals surface area (Å²) in [5, 5.41) is 0. The summed E-state index contributed by atoms with van der Waals surface area (Å²) in [5.74, 6) is 0.843. The van der Waals surface area contributed by atoms with Gasteiger partial charge < -0.3 is 0 Å². The number of pyridine rings is 1.